The summed E-state index contributed by atoms with van der Waals surface area (Å²) in [5, 5.41) is 6.22. The fourth-order valence-corrected chi connectivity index (χ4v) is 2.41. The highest BCUT2D eigenvalue weighted by molar-refractivity contribution is 9.10. The molecule has 0 aliphatic carbocycles. The van der Waals surface area contributed by atoms with E-state index >= 15 is 0 Å². The number of hydrogen-bond donors (Lipinski definition) is 2. The van der Waals surface area contributed by atoms with Crippen LogP contribution < -0.4 is 10.6 Å². The molecule has 2 N–H and O–H groups in total. The molecule has 3 nitrogen and oxygen atoms in total. The molecule has 0 aliphatic rings. The minimum atomic E-state index is -0.319. The number of nitrogens with one attached hydrogen (secondary N) is 2. The summed E-state index contributed by atoms with van der Waals surface area (Å²) < 4.78 is 1.06. The summed E-state index contributed by atoms with van der Waals surface area (Å²) in [7, 11) is 0. The van der Waals surface area contributed by atoms with Gasteiger partial charge < -0.3 is 10.6 Å². The molecule has 1 atom stereocenters. The second-order valence-electron chi connectivity index (χ2n) is 5.64. The molecule has 0 heterocycles. The molecule has 0 radical (unpaired) electrons. The van der Waals surface area contributed by atoms with Gasteiger partial charge in [0, 0.05) is 15.8 Å². The third-order valence-corrected chi connectivity index (χ3v) is 4.48. The molecule has 0 saturated heterocycles. The van der Waals surface area contributed by atoms with Crippen molar-refractivity contribution in [1.82, 2.24) is 0 Å². The Morgan fingerprint density at radius 2 is 1.77 bits per heavy atom. The number of carbonyl (C=O) groups excluding carboxylic acids is 1. The van der Waals surface area contributed by atoms with Gasteiger partial charge in [0.05, 0.1) is 0 Å². The maximum absolute atomic E-state index is 12.3. The van der Waals surface area contributed by atoms with Gasteiger partial charge in [-0.25, -0.2) is 0 Å². The van der Waals surface area contributed by atoms with Gasteiger partial charge in [-0.15, -0.1) is 0 Å². The van der Waals surface area contributed by atoms with Gasteiger partial charge in [-0.3, -0.25) is 4.79 Å². The fourth-order valence-electron chi connectivity index (χ4n) is 2.16. The summed E-state index contributed by atoms with van der Waals surface area (Å²) >= 11 is 3.48. The van der Waals surface area contributed by atoms with Gasteiger partial charge in [0.1, 0.15) is 6.04 Å². The Hall–Kier alpha value is -1.81. The average molecular weight is 361 g/mol. The quantitative estimate of drug-likeness (QED) is 0.820. The molecule has 116 valence electrons. The van der Waals surface area contributed by atoms with Gasteiger partial charge in [0.2, 0.25) is 5.91 Å². The fraction of sp³-hybridized carbons (Fsp3) is 0.278. The summed E-state index contributed by atoms with van der Waals surface area (Å²) in [6.45, 7) is 7.89. The molecule has 2 aromatic rings. The highest BCUT2D eigenvalue weighted by Gasteiger charge is 2.14. The molecule has 0 bridgehead atoms. The van der Waals surface area contributed by atoms with Crippen molar-refractivity contribution in [3.05, 3.63) is 57.6 Å². The van der Waals surface area contributed by atoms with Gasteiger partial charge >= 0.3 is 0 Å². The first-order chi connectivity index (χ1) is 10.4. The van der Waals surface area contributed by atoms with Crippen molar-refractivity contribution in [1.29, 1.82) is 0 Å². The van der Waals surface area contributed by atoms with Crippen LogP contribution in [0.1, 0.15) is 23.6 Å². The molecule has 2 rings (SSSR count). The number of rotatable bonds is 4. The predicted octanol–water partition coefficient (Wildman–Crippen LogP) is 4.81. The maximum atomic E-state index is 12.3. The van der Waals surface area contributed by atoms with Gasteiger partial charge in [0.15, 0.2) is 0 Å². The van der Waals surface area contributed by atoms with Crippen molar-refractivity contribution >= 4 is 33.2 Å². The van der Waals surface area contributed by atoms with Gasteiger partial charge in [0.25, 0.3) is 0 Å². The Balaban J connectivity index is 2.05. The van der Waals surface area contributed by atoms with Gasteiger partial charge in [-0.2, -0.15) is 0 Å². The monoisotopic (exact) mass is 360 g/mol. The summed E-state index contributed by atoms with van der Waals surface area (Å²) in [5.74, 6) is -0.0470. The first kappa shape index (κ1) is 16.6. The smallest absolute Gasteiger partial charge is 0.246 e. The molecule has 4 heteroatoms. The van der Waals surface area contributed by atoms with E-state index in [1.165, 1.54) is 0 Å². The van der Waals surface area contributed by atoms with E-state index in [-0.39, 0.29) is 11.9 Å². The van der Waals surface area contributed by atoms with E-state index in [9.17, 15) is 4.79 Å². The lowest BCUT2D eigenvalue weighted by molar-refractivity contribution is -0.116. The van der Waals surface area contributed by atoms with E-state index in [4.69, 9.17) is 0 Å². The van der Waals surface area contributed by atoms with Crippen molar-refractivity contribution in [3.8, 4) is 0 Å². The molecule has 2 aromatic carbocycles. The minimum absolute atomic E-state index is 0.0470. The van der Waals surface area contributed by atoms with Crippen LogP contribution in [0.25, 0.3) is 0 Å². The summed E-state index contributed by atoms with van der Waals surface area (Å²) in [4.78, 5) is 12.3. The second-order valence-corrected chi connectivity index (χ2v) is 6.49. The number of benzene rings is 2. The Kier molecular flexibility index (Phi) is 5.24. The summed E-state index contributed by atoms with van der Waals surface area (Å²) in [6, 6.07) is 11.7. The van der Waals surface area contributed by atoms with E-state index in [0.29, 0.717) is 0 Å². The van der Waals surface area contributed by atoms with Crippen LogP contribution in [0.2, 0.25) is 0 Å². The van der Waals surface area contributed by atoms with Crippen molar-refractivity contribution in [3.63, 3.8) is 0 Å². The van der Waals surface area contributed by atoms with Crippen LogP contribution in [0.4, 0.5) is 11.4 Å². The molecule has 0 aromatic heterocycles. The molecular formula is C18H21BrN2O. The normalized spacial score (nSPS) is 11.9. The number of anilines is 2. The van der Waals surface area contributed by atoms with E-state index in [1.807, 2.05) is 64.1 Å². The Labute approximate surface area is 140 Å². The predicted molar refractivity (Wildman–Crippen MR) is 96.5 cm³/mol. The van der Waals surface area contributed by atoms with Crippen LogP contribution in [0.5, 0.6) is 0 Å². The van der Waals surface area contributed by atoms with Crippen LogP contribution in [-0.4, -0.2) is 11.9 Å². The van der Waals surface area contributed by atoms with Crippen molar-refractivity contribution in [2.24, 2.45) is 0 Å². The van der Waals surface area contributed by atoms with Crippen LogP contribution in [-0.2, 0) is 4.79 Å². The highest BCUT2D eigenvalue weighted by Crippen LogP contribution is 2.21. The van der Waals surface area contributed by atoms with Crippen LogP contribution >= 0.6 is 15.9 Å². The van der Waals surface area contributed by atoms with Crippen LogP contribution in [0.15, 0.2) is 40.9 Å². The molecule has 1 amide bonds. The lowest BCUT2D eigenvalue weighted by atomic mass is 10.1. The molecular weight excluding hydrogens is 340 g/mol. The zero-order valence-electron chi connectivity index (χ0n) is 13.3. The van der Waals surface area contributed by atoms with Crippen molar-refractivity contribution in [2.45, 2.75) is 33.7 Å². The Morgan fingerprint density at radius 1 is 1.05 bits per heavy atom. The minimum Gasteiger partial charge on any atom is -0.374 e. The molecule has 0 saturated carbocycles. The first-order valence-electron chi connectivity index (χ1n) is 7.27. The maximum Gasteiger partial charge on any atom is 0.246 e. The Morgan fingerprint density at radius 3 is 2.45 bits per heavy atom. The zero-order valence-corrected chi connectivity index (χ0v) is 14.9. The van der Waals surface area contributed by atoms with E-state index in [2.05, 4.69) is 26.6 Å². The third kappa shape index (κ3) is 4.10. The number of hydrogen-bond acceptors (Lipinski definition) is 2. The van der Waals surface area contributed by atoms with Crippen LogP contribution in [0.3, 0.4) is 0 Å². The number of carbonyl (C=O) groups is 1. The summed E-state index contributed by atoms with van der Waals surface area (Å²) in [5.41, 5.74) is 5.12. The van der Waals surface area contributed by atoms with Crippen LogP contribution in [0, 0.1) is 20.8 Å². The number of amides is 1. The third-order valence-electron chi connectivity index (χ3n) is 3.59. The SMILES string of the molecule is Cc1ccc(C)c(NC(=O)C(C)Nc2ccc(Br)c(C)c2)c1. The van der Waals surface area contributed by atoms with E-state index in [0.717, 1.165) is 32.5 Å². The average Bonchev–Trinajstić information content (AvgIpc) is 2.46. The standard InChI is InChI=1S/C18H21BrN2O/c1-11-5-6-12(2)17(9-11)21-18(22)14(4)20-15-7-8-16(19)13(3)10-15/h5-10,14,20H,1-4H3,(H,21,22). The number of aryl methyl sites for hydroxylation is 3. The van der Waals surface area contributed by atoms with Gasteiger partial charge in [-0.05, 0) is 68.7 Å². The Bertz CT molecular complexity index is 697. The second kappa shape index (κ2) is 6.97. The summed E-state index contributed by atoms with van der Waals surface area (Å²) in [6.07, 6.45) is 0. The molecule has 0 fully saturated rings. The molecule has 1 unspecified atom stereocenters. The largest absolute Gasteiger partial charge is 0.374 e. The molecule has 22 heavy (non-hydrogen) atoms. The van der Waals surface area contributed by atoms with E-state index < -0.39 is 0 Å². The van der Waals surface area contributed by atoms with Crippen molar-refractivity contribution in [2.75, 3.05) is 10.6 Å². The topological polar surface area (TPSA) is 41.1 Å². The zero-order chi connectivity index (χ0) is 16.3. The lowest BCUT2D eigenvalue weighted by Crippen LogP contribution is -2.32. The van der Waals surface area contributed by atoms with Gasteiger partial charge in [-0.1, -0.05) is 28.1 Å². The molecule has 0 spiro atoms. The number of halogens is 1. The van der Waals surface area contributed by atoms with Crippen molar-refractivity contribution < 1.29 is 4.79 Å². The van der Waals surface area contributed by atoms with E-state index in [1.54, 1.807) is 0 Å². The first-order valence-corrected chi connectivity index (χ1v) is 8.07. The lowest BCUT2D eigenvalue weighted by Gasteiger charge is -2.17. The molecule has 0 aliphatic heterocycles. The highest BCUT2D eigenvalue weighted by atomic mass is 79.9.